The molecule has 0 saturated carbocycles. The number of aliphatic hydroxyl groups excluding tert-OH is 2. The highest BCUT2D eigenvalue weighted by molar-refractivity contribution is 7.86. The molecule has 2 aliphatic rings. The zero-order chi connectivity index (χ0) is 24.3. The van der Waals surface area contributed by atoms with Crippen molar-refractivity contribution < 1.29 is 37.1 Å². The Bertz CT molecular complexity index is 667. The molecule has 8 nitrogen and oxygen atoms in total. The van der Waals surface area contributed by atoms with Crippen molar-refractivity contribution in [1.82, 2.24) is 0 Å². The van der Waals surface area contributed by atoms with Gasteiger partial charge in [0.2, 0.25) is 0 Å². The van der Waals surface area contributed by atoms with Gasteiger partial charge in [0.25, 0.3) is 10.1 Å². The van der Waals surface area contributed by atoms with Crippen molar-refractivity contribution in [3.05, 3.63) is 0 Å². The molecule has 0 aromatic heterocycles. The highest BCUT2D eigenvalue weighted by Gasteiger charge is 2.41. The molecule has 2 rings (SSSR count). The fraction of sp³-hybridized carbons (Fsp3) is 0.958. The molecule has 6 atom stereocenters. The molecule has 2 heterocycles. The number of aliphatic hydroxyl groups is 2. The summed E-state index contributed by atoms with van der Waals surface area (Å²) in [4.78, 5) is 11.4. The van der Waals surface area contributed by atoms with Crippen LogP contribution in [0.5, 0.6) is 0 Å². The largest absolute Gasteiger partial charge is 0.460 e. The Morgan fingerprint density at radius 2 is 1.55 bits per heavy atom. The van der Waals surface area contributed by atoms with Gasteiger partial charge in [0.15, 0.2) is 0 Å². The molecule has 33 heavy (non-hydrogen) atoms. The first-order chi connectivity index (χ1) is 15.7. The standard InChI is InChI=1S/C24H44O8S/c1-3-4-5-6-7-8-9-10-11-18(25)19(26)12-13-23(32-33(2,28)29)22-15-14-20(30-22)21-16-17-24(27)31-21/h18-23,25-26H,3-17H2,1-2H3/t18-,19-,20-,21-,22-,23+/m1/s1. The average Bonchev–Trinajstić information content (AvgIpc) is 3.41. The highest BCUT2D eigenvalue weighted by atomic mass is 32.2. The Morgan fingerprint density at radius 3 is 2.15 bits per heavy atom. The number of unbranched alkanes of at least 4 members (excludes halogenated alkanes) is 7. The van der Waals surface area contributed by atoms with E-state index >= 15 is 0 Å². The van der Waals surface area contributed by atoms with Crippen LogP contribution in [0.2, 0.25) is 0 Å². The van der Waals surface area contributed by atoms with E-state index in [2.05, 4.69) is 6.92 Å². The fourth-order valence-corrected chi connectivity index (χ4v) is 5.44. The minimum atomic E-state index is -3.71. The van der Waals surface area contributed by atoms with Crippen molar-refractivity contribution in [2.75, 3.05) is 6.26 Å². The van der Waals surface area contributed by atoms with Gasteiger partial charge in [-0.3, -0.25) is 8.98 Å². The number of carbonyl (C=O) groups is 1. The molecule has 2 saturated heterocycles. The van der Waals surface area contributed by atoms with E-state index < -0.39 is 34.5 Å². The number of carbonyl (C=O) groups excluding carboxylic acids is 1. The van der Waals surface area contributed by atoms with Crippen LogP contribution in [0.3, 0.4) is 0 Å². The van der Waals surface area contributed by atoms with Crippen molar-refractivity contribution in [2.45, 2.75) is 140 Å². The Labute approximate surface area is 199 Å². The van der Waals surface area contributed by atoms with E-state index in [-0.39, 0.29) is 31.0 Å². The predicted molar refractivity (Wildman–Crippen MR) is 125 cm³/mol. The Balaban J connectivity index is 1.72. The van der Waals surface area contributed by atoms with Gasteiger partial charge in [0.05, 0.1) is 30.7 Å². The number of esters is 1. The minimum Gasteiger partial charge on any atom is -0.460 e. The summed E-state index contributed by atoms with van der Waals surface area (Å²) >= 11 is 0. The zero-order valence-electron chi connectivity index (χ0n) is 20.3. The van der Waals surface area contributed by atoms with Gasteiger partial charge in [-0.1, -0.05) is 58.3 Å². The monoisotopic (exact) mass is 492 g/mol. The van der Waals surface area contributed by atoms with E-state index in [1.807, 2.05) is 0 Å². The summed E-state index contributed by atoms with van der Waals surface area (Å²) in [5.41, 5.74) is 0. The number of hydrogen-bond acceptors (Lipinski definition) is 8. The lowest BCUT2D eigenvalue weighted by atomic mass is 9.97. The summed E-state index contributed by atoms with van der Waals surface area (Å²) in [6, 6.07) is 0. The van der Waals surface area contributed by atoms with Crippen molar-refractivity contribution in [2.24, 2.45) is 0 Å². The maximum atomic E-state index is 11.8. The van der Waals surface area contributed by atoms with Gasteiger partial charge in [-0.15, -0.1) is 0 Å². The molecule has 2 N–H and O–H groups in total. The summed E-state index contributed by atoms with van der Waals surface area (Å²) < 4.78 is 40.2. The van der Waals surface area contributed by atoms with Gasteiger partial charge in [-0.2, -0.15) is 8.42 Å². The second-order valence-electron chi connectivity index (χ2n) is 9.67. The van der Waals surface area contributed by atoms with E-state index in [0.29, 0.717) is 32.1 Å². The first-order valence-electron chi connectivity index (χ1n) is 12.8. The second kappa shape index (κ2) is 14.6. The van der Waals surface area contributed by atoms with Gasteiger partial charge >= 0.3 is 5.97 Å². The minimum absolute atomic E-state index is 0.224. The molecule has 2 fully saturated rings. The number of hydrogen-bond donors (Lipinski definition) is 2. The van der Waals surface area contributed by atoms with Crippen LogP contribution in [0.4, 0.5) is 0 Å². The number of rotatable bonds is 17. The fourth-order valence-electron chi connectivity index (χ4n) is 4.77. The Kier molecular flexibility index (Phi) is 12.6. The molecular formula is C24H44O8S. The van der Waals surface area contributed by atoms with Gasteiger partial charge in [0, 0.05) is 6.42 Å². The van der Waals surface area contributed by atoms with Crippen LogP contribution in [0.1, 0.15) is 103 Å². The molecule has 194 valence electrons. The molecule has 0 radical (unpaired) electrons. The van der Waals surface area contributed by atoms with Gasteiger partial charge in [0.1, 0.15) is 12.2 Å². The quantitative estimate of drug-likeness (QED) is 0.179. The van der Waals surface area contributed by atoms with Crippen molar-refractivity contribution in [3.63, 3.8) is 0 Å². The van der Waals surface area contributed by atoms with Crippen LogP contribution in [0.25, 0.3) is 0 Å². The predicted octanol–water partition coefficient (Wildman–Crippen LogP) is 3.62. The van der Waals surface area contributed by atoms with Crippen molar-refractivity contribution in [1.29, 1.82) is 0 Å². The normalized spacial score (nSPS) is 26.3. The molecule has 0 aromatic carbocycles. The third-order valence-electron chi connectivity index (χ3n) is 6.67. The van der Waals surface area contributed by atoms with Gasteiger partial charge < -0.3 is 19.7 Å². The zero-order valence-corrected chi connectivity index (χ0v) is 21.1. The maximum Gasteiger partial charge on any atom is 0.306 e. The van der Waals surface area contributed by atoms with Crippen LogP contribution in [0, 0.1) is 0 Å². The third kappa shape index (κ3) is 11.0. The number of ether oxygens (including phenoxy) is 2. The Morgan fingerprint density at radius 1 is 0.909 bits per heavy atom. The van der Waals surface area contributed by atoms with Crippen LogP contribution in [-0.2, 0) is 28.6 Å². The summed E-state index contributed by atoms with van der Waals surface area (Å²) in [7, 11) is -3.71. The van der Waals surface area contributed by atoms with Gasteiger partial charge in [-0.25, -0.2) is 0 Å². The first kappa shape index (κ1) is 28.5. The average molecular weight is 493 g/mol. The number of cyclic esters (lactones) is 1. The third-order valence-corrected chi connectivity index (χ3v) is 7.27. The molecule has 0 aliphatic carbocycles. The van der Waals surface area contributed by atoms with Crippen LogP contribution < -0.4 is 0 Å². The topological polar surface area (TPSA) is 119 Å². The highest BCUT2D eigenvalue weighted by Crippen LogP contribution is 2.33. The smallest absolute Gasteiger partial charge is 0.306 e. The van der Waals surface area contributed by atoms with E-state index in [1.54, 1.807) is 0 Å². The SMILES string of the molecule is CCCCCCCCCC[C@@H](O)[C@H](O)CC[C@H](OS(C)(=O)=O)[C@H]1CC[C@H]([C@H]2CCC(=O)O2)O1. The van der Waals surface area contributed by atoms with E-state index in [9.17, 15) is 23.4 Å². The maximum absolute atomic E-state index is 11.8. The lowest BCUT2D eigenvalue weighted by molar-refractivity contribution is -0.148. The molecule has 9 heteroatoms. The summed E-state index contributed by atoms with van der Waals surface area (Å²) in [6.07, 6.45) is 10.1. The molecular weight excluding hydrogens is 448 g/mol. The van der Waals surface area contributed by atoms with Crippen molar-refractivity contribution >= 4 is 16.1 Å². The molecule has 2 aliphatic heterocycles. The van der Waals surface area contributed by atoms with E-state index in [0.717, 1.165) is 25.5 Å². The lowest BCUT2D eigenvalue weighted by Gasteiger charge is -2.26. The molecule has 0 spiro atoms. The van der Waals surface area contributed by atoms with Crippen LogP contribution >= 0.6 is 0 Å². The van der Waals surface area contributed by atoms with Crippen molar-refractivity contribution in [3.8, 4) is 0 Å². The summed E-state index contributed by atoms with van der Waals surface area (Å²) in [5.74, 6) is -0.232. The lowest BCUT2D eigenvalue weighted by Crippen LogP contribution is -2.35. The molecule has 0 unspecified atom stereocenters. The van der Waals surface area contributed by atoms with E-state index in [4.69, 9.17) is 13.7 Å². The van der Waals surface area contributed by atoms with Crippen LogP contribution in [0.15, 0.2) is 0 Å². The van der Waals surface area contributed by atoms with Crippen LogP contribution in [-0.4, -0.2) is 67.5 Å². The van der Waals surface area contributed by atoms with E-state index in [1.165, 1.54) is 32.1 Å². The van der Waals surface area contributed by atoms with Gasteiger partial charge in [-0.05, 0) is 38.5 Å². The summed E-state index contributed by atoms with van der Waals surface area (Å²) in [6.45, 7) is 2.20. The second-order valence-corrected chi connectivity index (χ2v) is 11.3. The molecule has 0 bridgehead atoms. The first-order valence-corrected chi connectivity index (χ1v) is 14.6. The summed E-state index contributed by atoms with van der Waals surface area (Å²) in [5, 5.41) is 20.7. The Hall–Kier alpha value is -0.740. The molecule has 0 aromatic rings. The molecule has 0 amide bonds.